The van der Waals surface area contributed by atoms with Gasteiger partial charge in [0.15, 0.2) is 0 Å². The standard InChI is InChI=1S/C26H28ClN3OS/c1-18-7-4-5-14-29(18)15-6-16-30-24-21-8-2-3-9-23(21)32-25(24)28-22(26(30)31)17-19-10-12-20(27)13-11-19/h2-3,8-13,18H,4-7,14-17H2,1H3. The highest BCUT2D eigenvalue weighted by atomic mass is 35.5. The number of piperidine rings is 1. The lowest BCUT2D eigenvalue weighted by Gasteiger charge is -2.33. The Morgan fingerprint density at radius 2 is 1.91 bits per heavy atom. The SMILES string of the molecule is CC1CCCCN1CCCn1c(=O)c(Cc2ccc(Cl)cc2)nc2sc3ccccc3c21. The largest absolute Gasteiger partial charge is 0.304 e. The van der Waals surface area contributed by atoms with E-state index in [9.17, 15) is 4.79 Å². The Balaban J connectivity index is 1.51. The minimum absolute atomic E-state index is 0.0303. The van der Waals surface area contributed by atoms with E-state index in [-0.39, 0.29) is 5.56 Å². The third kappa shape index (κ3) is 4.34. The molecule has 166 valence electrons. The van der Waals surface area contributed by atoms with Gasteiger partial charge >= 0.3 is 0 Å². The van der Waals surface area contributed by atoms with E-state index >= 15 is 0 Å². The van der Waals surface area contributed by atoms with Crippen LogP contribution in [0.25, 0.3) is 20.4 Å². The van der Waals surface area contributed by atoms with Crippen LogP contribution < -0.4 is 5.56 Å². The predicted molar refractivity (Wildman–Crippen MR) is 135 cm³/mol. The van der Waals surface area contributed by atoms with Crippen molar-refractivity contribution in [3.63, 3.8) is 0 Å². The molecule has 32 heavy (non-hydrogen) atoms. The first-order chi connectivity index (χ1) is 15.6. The molecule has 4 nitrogen and oxygen atoms in total. The Kier molecular flexibility index (Phi) is 6.31. The third-order valence-electron chi connectivity index (χ3n) is 6.60. The topological polar surface area (TPSA) is 38.1 Å². The summed E-state index contributed by atoms with van der Waals surface area (Å²) in [5, 5.41) is 1.83. The van der Waals surface area contributed by atoms with Gasteiger partial charge in [-0.2, -0.15) is 0 Å². The van der Waals surface area contributed by atoms with Crippen molar-refractivity contribution in [2.75, 3.05) is 13.1 Å². The number of halogens is 1. The van der Waals surface area contributed by atoms with E-state index in [0.29, 0.717) is 23.2 Å². The second-order valence-electron chi connectivity index (χ2n) is 8.80. The van der Waals surface area contributed by atoms with E-state index < -0.39 is 0 Å². The first-order valence-electron chi connectivity index (χ1n) is 11.5. The molecule has 2 aromatic heterocycles. The van der Waals surface area contributed by atoms with Gasteiger partial charge in [-0.1, -0.05) is 48.4 Å². The normalized spacial score (nSPS) is 17.4. The molecule has 1 fully saturated rings. The average molecular weight is 466 g/mol. The summed E-state index contributed by atoms with van der Waals surface area (Å²) in [7, 11) is 0. The summed E-state index contributed by atoms with van der Waals surface area (Å²) in [5.41, 5.74) is 2.68. The molecule has 1 saturated heterocycles. The fourth-order valence-corrected chi connectivity index (χ4v) is 6.06. The smallest absolute Gasteiger partial charge is 0.273 e. The highest BCUT2D eigenvalue weighted by Gasteiger charge is 2.19. The van der Waals surface area contributed by atoms with Crippen LogP contribution >= 0.6 is 22.9 Å². The molecule has 4 aromatic rings. The number of hydrogen-bond acceptors (Lipinski definition) is 4. The molecule has 2 aromatic carbocycles. The molecule has 0 bridgehead atoms. The number of hydrogen-bond donors (Lipinski definition) is 0. The monoisotopic (exact) mass is 465 g/mol. The van der Waals surface area contributed by atoms with Crippen LogP contribution in [-0.4, -0.2) is 33.6 Å². The summed E-state index contributed by atoms with van der Waals surface area (Å²) in [4.78, 5) is 22.0. The summed E-state index contributed by atoms with van der Waals surface area (Å²) in [6.45, 7) is 5.25. The number of fused-ring (bicyclic) bond motifs is 3. The second-order valence-corrected chi connectivity index (χ2v) is 10.3. The number of rotatable bonds is 6. The molecule has 5 rings (SSSR count). The van der Waals surface area contributed by atoms with Crippen LogP contribution in [0.15, 0.2) is 53.3 Å². The van der Waals surface area contributed by atoms with Gasteiger partial charge in [-0.05, 0) is 56.5 Å². The van der Waals surface area contributed by atoms with Gasteiger partial charge in [0.1, 0.15) is 10.5 Å². The second kappa shape index (κ2) is 9.34. The highest BCUT2D eigenvalue weighted by Crippen LogP contribution is 2.32. The van der Waals surface area contributed by atoms with Crippen LogP contribution in [-0.2, 0) is 13.0 Å². The zero-order valence-electron chi connectivity index (χ0n) is 18.4. The van der Waals surface area contributed by atoms with Crippen LogP contribution in [0.1, 0.15) is 43.9 Å². The first kappa shape index (κ1) is 21.6. The van der Waals surface area contributed by atoms with Gasteiger partial charge in [-0.15, -0.1) is 11.3 Å². The van der Waals surface area contributed by atoms with Crippen LogP contribution in [0.3, 0.4) is 0 Å². The van der Waals surface area contributed by atoms with Crippen LogP contribution in [0.4, 0.5) is 0 Å². The summed E-state index contributed by atoms with van der Waals surface area (Å²) < 4.78 is 3.16. The molecule has 6 heteroatoms. The molecule has 1 aliphatic rings. The number of nitrogens with zero attached hydrogens (tertiary/aromatic N) is 3. The highest BCUT2D eigenvalue weighted by molar-refractivity contribution is 7.25. The summed E-state index contributed by atoms with van der Waals surface area (Å²) in [6, 6.07) is 16.6. The summed E-state index contributed by atoms with van der Waals surface area (Å²) in [6.07, 6.45) is 5.37. The van der Waals surface area contributed by atoms with Gasteiger partial charge in [0, 0.05) is 40.7 Å². The summed E-state index contributed by atoms with van der Waals surface area (Å²) >= 11 is 7.71. The predicted octanol–water partition coefficient (Wildman–Crippen LogP) is 6.12. The number of benzene rings is 2. The molecule has 1 unspecified atom stereocenters. The van der Waals surface area contributed by atoms with Crippen molar-refractivity contribution in [3.8, 4) is 0 Å². The van der Waals surface area contributed by atoms with Crippen molar-refractivity contribution >= 4 is 43.4 Å². The zero-order chi connectivity index (χ0) is 22.1. The number of aromatic nitrogens is 2. The molecule has 0 amide bonds. The maximum absolute atomic E-state index is 13.6. The average Bonchev–Trinajstić information content (AvgIpc) is 3.17. The van der Waals surface area contributed by atoms with Crippen molar-refractivity contribution in [2.45, 2.75) is 51.6 Å². The lowest BCUT2D eigenvalue weighted by Crippen LogP contribution is -2.38. The Morgan fingerprint density at radius 1 is 1.09 bits per heavy atom. The van der Waals surface area contributed by atoms with E-state index in [2.05, 4.69) is 24.0 Å². The van der Waals surface area contributed by atoms with Crippen LogP contribution in [0.2, 0.25) is 5.02 Å². The minimum Gasteiger partial charge on any atom is -0.304 e. The maximum Gasteiger partial charge on any atom is 0.273 e. The van der Waals surface area contributed by atoms with Crippen LogP contribution in [0.5, 0.6) is 0 Å². The lowest BCUT2D eigenvalue weighted by molar-refractivity contribution is 0.157. The number of likely N-dealkylation sites (tertiary alicyclic amines) is 1. The van der Waals surface area contributed by atoms with Gasteiger partial charge in [0.2, 0.25) is 0 Å². The first-order valence-corrected chi connectivity index (χ1v) is 12.7. The Morgan fingerprint density at radius 3 is 2.72 bits per heavy atom. The van der Waals surface area contributed by atoms with Crippen molar-refractivity contribution in [1.29, 1.82) is 0 Å². The molecule has 0 N–H and O–H groups in total. The Labute approximate surface area is 197 Å². The molecule has 1 atom stereocenters. The number of thiophene rings is 1. The molecule has 0 saturated carbocycles. The molecule has 1 aliphatic heterocycles. The molecule has 0 aliphatic carbocycles. The van der Waals surface area contributed by atoms with E-state index in [1.807, 2.05) is 41.0 Å². The lowest BCUT2D eigenvalue weighted by atomic mass is 10.0. The van der Waals surface area contributed by atoms with E-state index in [0.717, 1.165) is 40.8 Å². The number of aryl methyl sites for hydroxylation is 1. The van der Waals surface area contributed by atoms with Gasteiger partial charge in [0.05, 0.1) is 5.52 Å². The quantitative estimate of drug-likeness (QED) is 0.344. The fraction of sp³-hybridized carbons (Fsp3) is 0.385. The third-order valence-corrected chi connectivity index (χ3v) is 7.91. The maximum atomic E-state index is 13.6. The molecular formula is C26H28ClN3OS. The van der Waals surface area contributed by atoms with Crippen molar-refractivity contribution in [2.24, 2.45) is 0 Å². The summed E-state index contributed by atoms with van der Waals surface area (Å²) in [5.74, 6) is 0. The molecular weight excluding hydrogens is 438 g/mol. The fourth-order valence-electron chi connectivity index (χ4n) is 4.83. The minimum atomic E-state index is 0.0303. The zero-order valence-corrected chi connectivity index (χ0v) is 20.0. The van der Waals surface area contributed by atoms with Gasteiger partial charge in [-0.25, -0.2) is 4.98 Å². The molecule has 0 radical (unpaired) electrons. The molecule has 0 spiro atoms. The van der Waals surface area contributed by atoms with Gasteiger partial charge in [-0.3, -0.25) is 4.79 Å². The van der Waals surface area contributed by atoms with Crippen molar-refractivity contribution < 1.29 is 0 Å². The van der Waals surface area contributed by atoms with Gasteiger partial charge < -0.3 is 9.47 Å². The van der Waals surface area contributed by atoms with E-state index in [1.165, 1.54) is 30.5 Å². The van der Waals surface area contributed by atoms with Crippen molar-refractivity contribution in [1.82, 2.24) is 14.5 Å². The Bertz CT molecular complexity index is 1290. The molecule has 3 heterocycles. The van der Waals surface area contributed by atoms with E-state index in [4.69, 9.17) is 16.6 Å². The van der Waals surface area contributed by atoms with E-state index in [1.54, 1.807) is 11.3 Å². The van der Waals surface area contributed by atoms with Crippen molar-refractivity contribution in [3.05, 3.63) is 75.2 Å². The Hall–Kier alpha value is -2.21. The van der Waals surface area contributed by atoms with Gasteiger partial charge in [0.25, 0.3) is 5.56 Å². The van der Waals surface area contributed by atoms with Crippen LogP contribution in [0, 0.1) is 0 Å².